The van der Waals surface area contributed by atoms with Crippen LogP contribution in [0.1, 0.15) is 23.2 Å². The first-order chi connectivity index (χ1) is 9.52. The minimum absolute atomic E-state index is 0.0207. The second-order valence-corrected chi connectivity index (χ2v) is 5.15. The molecule has 108 valence electrons. The molecule has 1 saturated heterocycles. The molecule has 0 N–H and O–H groups in total. The van der Waals surface area contributed by atoms with Gasteiger partial charge in [0.1, 0.15) is 5.82 Å². The van der Waals surface area contributed by atoms with Gasteiger partial charge in [-0.1, -0.05) is 11.6 Å². The minimum Gasteiger partial charge on any atom is -0.469 e. The number of benzene rings is 1. The van der Waals surface area contributed by atoms with Crippen molar-refractivity contribution in [2.75, 3.05) is 20.2 Å². The summed E-state index contributed by atoms with van der Waals surface area (Å²) in [6.45, 7) is 0.853. The number of methoxy groups -OCH3 is 1. The first-order valence-corrected chi connectivity index (χ1v) is 6.73. The number of ether oxygens (including phenoxy) is 1. The molecular weight excluding hydrogens is 285 g/mol. The number of esters is 1. The summed E-state index contributed by atoms with van der Waals surface area (Å²) < 4.78 is 18.1. The zero-order chi connectivity index (χ0) is 14.7. The van der Waals surface area contributed by atoms with Crippen molar-refractivity contribution in [1.29, 1.82) is 0 Å². The zero-order valence-corrected chi connectivity index (χ0v) is 11.8. The van der Waals surface area contributed by atoms with E-state index in [0.29, 0.717) is 19.5 Å². The van der Waals surface area contributed by atoms with Crippen LogP contribution in [0.3, 0.4) is 0 Å². The zero-order valence-electron chi connectivity index (χ0n) is 11.1. The summed E-state index contributed by atoms with van der Waals surface area (Å²) in [7, 11) is 1.33. The predicted molar refractivity (Wildman–Crippen MR) is 72.1 cm³/mol. The van der Waals surface area contributed by atoms with Crippen LogP contribution in [0.5, 0.6) is 0 Å². The summed E-state index contributed by atoms with van der Waals surface area (Å²) in [6, 6.07) is 3.95. The van der Waals surface area contributed by atoms with Gasteiger partial charge in [-0.3, -0.25) is 9.59 Å². The van der Waals surface area contributed by atoms with Crippen molar-refractivity contribution in [3.63, 3.8) is 0 Å². The van der Waals surface area contributed by atoms with Crippen LogP contribution in [-0.4, -0.2) is 37.0 Å². The second-order valence-electron chi connectivity index (χ2n) is 4.74. The Bertz CT molecular complexity index is 535. The van der Waals surface area contributed by atoms with Crippen molar-refractivity contribution in [3.05, 3.63) is 34.6 Å². The molecule has 0 radical (unpaired) electrons. The number of nitrogens with zero attached hydrogens (tertiary/aromatic N) is 1. The predicted octanol–water partition coefficient (Wildman–Crippen LogP) is 2.50. The Balaban J connectivity index is 2.12. The summed E-state index contributed by atoms with van der Waals surface area (Å²) >= 11 is 5.59. The van der Waals surface area contributed by atoms with Crippen molar-refractivity contribution in [3.8, 4) is 0 Å². The number of carbonyl (C=O) groups is 2. The van der Waals surface area contributed by atoms with Crippen LogP contribution in [0, 0.1) is 11.7 Å². The lowest BCUT2D eigenvalue weighted by molar-refractivity contribution is -0.146. The molecule has 4 nitrogen and oxygen atoms in total. The van der Waals surface area contributed by atoms with Crippen molar-refractivity contribution < 1.29 is 18.7 Å². The summed E-state index contributed by atoms with van der Waals surface area (Å²) in [5, 5.41) is -0.0207. The van der Waals surface area contributed by atoms with Crippen LogP contribution >= 0.6 is 11.6 Å². The lowest BCUT2D eigenvalue weighted by atomic mass is 9.97. The number of piperidine rings is 1. The number of hydrogen-bond donors (Lipinski definition) is 0. The fourth-order valence-electron chi connectivity index (χ4n) is 2.33. The quantitative estimate of drug-likeness (QED) is 0.788. The molecule has 1 atom stereocenters. The molecule has 0 spiro atoms. The maximum absolute atomic E-state index is 13.4. The standard InChI is InChI=1S/C14H15ClFNO3/c1-20-14(19)10-3-2-6-17(8-10)13(18)9-4-5-11(15)12(16)7-9/h4-5,7,10H,2-3,6,8H2,1H3/t10-/m0/s1. The maximum atomic E-state index is 13.4. The number of amides is 1. The van der Waals surface area contributed by atoms with Gasteiger partial charge >= 0.3 is 5.97 Å². The van der Waals surface area contributed by atoms with Crippen LogP contribution < -0.4 is 0 Å². The van der Waals surface area contributed by atoms with Crippen molar-refractivity contribution in [1.82, 2.24) is 4.90 Å². The van der Waals surface area contributed by atoms with Gasteiger partial charge in [0.25, 0.3) is 5.91 Å². The molecule has 20 heavy (non-hydrogen) atoms. The molecule has 1 heterocycles. The topological polar surface area (TPSA) is 46.6 Å². The Kier molecular flexibility index (Phi) is 4.60. The number of rotatable bonds is 2. The third kappa shape index (κ3) is 3.10. The maximum Gasteiger partial charge on any atom is 0.310 e. The summed E-state index contributed by atoms with van der Waals surface area (Å²) in [5.74, 6) is -1.55. The van der Waals surface area contributed by atoms with Crippen LogP contribution in [-0.2, 0) is 9.53 Å². The van der Waals surface area contributed by atoms with Gasteiger partial charge in [-0.25, -0.2) is 4.39 Å². The van der Waals surface area contributed by atoms with Crippen LogP contribution in [0.25, 0.3) is 0 Å². The Morgan fingerprint density at radius 2 is 2.20 bits per heavy atom. The van der Waals surface area contributed by atoms with Crippen LogP contribution in [0.4, 0.5) is 4.39 Å². The third-order valence-corrected chi connectivity index (χ3v) is 3.72. The Labute approximate surface area is 121 Å². The van der Waals surface area contributed by atoms with Gasteiger partial charge in [0.05, 0.1) is 18.1 Å². The van der Waals surface area contributed by atoms with Gasteiger partial charge < -0.3 is 9.64 Å². The number of halogens is 2. The highest BCUT2D eigenvalue weighted by molar-refractivity contribution is 6.30. The molecular formula is C14H15ClFNO3. The Morgan fingerprint density at radius 3 is 2.85 bits per heavy atom. The van der Waals surface area contributed by atoms with E-state index in [0.717, 1.165) is 12.5 Å². The molecule has 6 heteroatoms. The molecule has 0 unspecified atom stereocenters. The highest BCUT2D eigenvalue weighted by Gasteiger charge is 2.29. The van der Waals surface area contributed by atoms with E-state index in [4.69, 9.17) is 16.3 Å². The summed E-state index contributed by atoms with van der Waals surface area (Å²) in [6.07, 6.45) is 1.42. The molecule has 0 aromatic heterocycles. The molecule has 1 fully saturated rings. The molecule has 1 amide bonds. The Morgan fingerprint density at radius 1 is 1.45 bits per heavy atom. The van der Waals surface area contributed by atoms with E-state index in [-0.39, 0.29) is 28.4 Å². The molecule has 0 bridgehead atoms. The van der Waals surface area contributed by atoms with E-state index < -0.39 is 5.82 Å². The number of likely N-dealkylation sites (tertiary alicyclic amines) is 1. The molecule has 0 saturated carbocycles. The third-order valence-electron chi connectivity index (χ3n) is 3.41. The minimum atomic E-state index is -0.626. The largest absolute Gasteiger partial charge is 0.469 e. The van der Waals surface area contributed by atoms with Gasteiger partial charge in [0, 0.05) is 18.7 Å². The molecule has 0 aliphatic carbocycles. The van der Waals surface area contributed by atoms with Crippen molar-refractivity contribution in [2.45, 2.75) is 12.8 Å². The van der Waals surface area contributed by atoms with Gasteiger partial charge in [-0.2, -0.15) is 0 Å². The fourth-order valence-corrected chi connectivity index (χ4v) is 2.45. The van der Waals surface area contributed by atoms with Crippen LogP contribution in [0.15, 0.2) is 18.2 Å². The van der Waals surface area contributed by atoms with Crippen molar-refractivity contribution in [2.24, 2.45) is 5.92 Å². The van der Waals surface area contributed by atoms with Crippen molar-refractivity contribution >= 4 is 23.5 Å². The van der Waals surface area contributed by atoms with Gasteiger partial charge in [0.15, 0.2) is 0 Å². The first-order valence-electron chi connectivity index (χ1n) is 6.35. The lowest BCUT2D eigenvalue weighted by Crippen LogP contribution is -2.42. The number of carbonyl (C=O) groups excluding carboxylic acids is 2. The smallest absolute Gasteiger partial charge is 0.310 e. The molecule has 1 aromatic rings. The van der Waals surface area contributed by atoms with Gasteiger partial charge in [0.2, 0.25) is 0 Å². The second kappa shape index (κ2) is 6.22. The Hall–Kier alpha value is -1.62. The van der Waals surface area contributed by atoms with E-state index >= 15 is 0 Å². The van der Waals surface area contributed by atoms with Gasteiger partial charge in [-0.15, -0.1) is 0 Å². The monoisotopic (exact) mass is 299 g/mol. The lowest BCUT2D eigenvalue weighted by Gasteiger charge is -2.31. The average Bonchev–Trinajstić information content (AvgIpc) is 2.48. The average molecular weight is 300 g/mol. The molecule has 2 rings (SSSR count). The van der Waals surface area contributed by atoms with E-state index in [1.54, 1.807) is 4.90 Å². The number of hydrogen-bond acceptors (Lipinski definition) is 3. The summed E-state index contributed by atoms with van der Waals surface area (Å²) in [5.41, 5.74) is 0.234. The van der Waals surface area contributed by atoms with E-state index in [9.17, 15) is 14.0 Å². The molecule has 1 aliphatic heterocycles. The van der Waals surface area contributed by atoms with Gasteiger partial charge in [-0.05, 0) is 31.0 Å². The van der Waals surface area contributed by atoms with E-state index in [2.05, 4.69) is 0 Å². The normalized spacial score (nSPS) is 18.8. The summed E-state index contributed by atoms with van der Waals surface area (Å²) in [4.78, 5) is 25.4. The molecule has 1 aromatic carbocycles. The van der Waals surface area contributed by atoms with Crippen LogP contribution in [0.2, 0.25) is 5.02 Å². The highest BCUT2D eigenvalue weighted by atomic mass is 35.5. The SMILES string of the molecule is COC(=O)[C@H]1CCCN(C(=O)c2ccc(Cl)c(F)c2)C1. The van der Waals surface area contributed by atoms with E-state index in [1.807, 2.05) is 0 Å². The first kappa shape index (κ1) is 14.8. The molecule has 1 aliphatic rings. The fraction of sp³-hybridized carbons (Fsp3) is 0.429. The highest BCUT2D eigenvalue weighted by Crippen LogP contribution is 2.21. The van der Waals surface area contributed by atoms with E-state index in [1.165, 1.54) is 19.2 Å².